The van der Waals surface area contributed by atoms with Gasteiger partial charge in [-0.2, -0.15) is 0 Å². The lowest BCUT2D eigenvalue weighted by molar-refractivity contribution is 0.579. The van der Waals surface area contributed by atoms with Gasteiger partial charge in [-0.05, 0) is 28.8 Å². The van der Waals surface area contributed by atoms with E-state index < -0.39 is 10.0 Å². The number of rotatable bonds is 9. The van der Waals surface area contributed by atoms with Crippen LogP contribution in [0.2, 0.25) is 0 Å². The van der Waals surface area contributed by atoms with Crippen LogP contribution in [0.5, 0.6) is 0 Å². The first-order valence-electron chi connectivity index (χ1n) is 10.5. The van der Waals surface area contributed by atoms with Crippen LogP contribution in [0.25, 0.3) is 28.0 Å². The van der Waals surface area contributed by atoms with E-state index in [0.29, 0.717) is 25.0 Å². The molecule has 0 radical (unpaired) electrons. The van der Waals surface area contributed by atoms with Crippen LogP contribution in [0.15, 0.2) is 102 Å². The molecule has 4 aromatic rings. The summed E-state index contributed by atoms with van der Waals surface area (Å²) in [6.45, 7) is 1.49. The smallest absolute Gasteiger partial charge is 0.241 e. The number of nitrogens with one attached hydrogen (secondary N) is 2. The predicted octanol–water partition coefficient (Wildman–Crippen LogP) is 4.48. The van der Waals surface area contributed by atoms with Gasteiger partial charge in [0.25, 0.3) is 0 Å². The highest BCUT2D eigenvalue weighted by molar-refractivity contribution is 7.89. The van der Waals surface area contributed by atoms with E-state index in [0.717, 1.165) is 10.9 Å². The first kappa shape index (κ1) is 21.9. The first-order chi connectivity index (χ1) is 15.6. The predicted molar refractivity (Wildman–Crippen MR) is 131 cm³/mol. The van der Waals surface area contributed by atoms with Crippen molar-refractivity contribution in [1.82, 2.24) is 15.0 Å². The summed E-state index contributed by atoms with van der Waals surface area (Å²) in [4.78, 5) is 4.32. The van der Waals surface area contributed by atoms with Crippen molar-refractivity contribution in [2.75, 3.05) is 19.6 Å². The zero-order chi connectivity index (χ0) is 22.2. The van der Waals surface area contributed by atoms with E-state index in [1.165, 1.54) is 11.1 Å². The fraction of sp³-hybridized carbons (Fsp3) is 0.115. The molecule has 0 aliphatic rings. The number of nitrogens with zero attached hydrogens (tertiary/aromatic N) is 1. The van der Waals surface area contributed by atoms with Crippen LogP contribution in [-0.4, -0.2) is 33.0 Å². The van der Waals surface area contributed by atoms with Crippen LogP contribution in [0.4, 0.5) is 0 Å². The maximum atomic E-state index is 12.7. The van der Waals surface area contributed by atoms with Crippen molar-refractivity contribution in [1.29, 1.82) is 0 Å². The molecule has 1 aromatic heterocycles. The van der Waals surface area contributed by atoms with E-state index in [4.69, 9.17) is 0 Å². The van der Waals surface area contributed by atoms with E-state index in [1.807, 2.05) is 30.3 Å². The summed E-state index contributed by atoms with van der Waals surface area (Å²) in [6, 6.07) is 25.6. The molecule has 0 saturated heterocycles. The number of hydrogen-bond donors (Lipinski definition) is 2. The molecule has 0 amide bonds. The fourth-order valence-corrected chi connectivity index (χ4v) is 4.74. The van der Waals surface area contributed by atoms with Gasteiger partial charge in [0.2, 0.25) is 10.0 Å². The first-order valence-corrected chi connectivity index (χ1v) is 12.0. The SMILES string of the molecule is O=S(=O)(NCCNC/C=C/c1ccc(-c2ccccc2)cc1)c1cccc2cnccc12. The Morgan fingerprint density at radius 2 is 1.59 bits per heavy atom. The minimum Gasteiger partial charge on any atom is -0.312 e. The van der Waals surface area contributed by atoms with Gasteiger partial charge in [0.1, 0.15) is 0 Å². The fourth-order valence-electron chi connectivity index (χ4n) is 3.48. The average Bonchev–Trinajstić information content (AvgIpc) is 2.84. The molecular formula is C26H25N3O2S. The van der Waals surface area contributed by atoms with Gasteiger partial charge in [-0.3, -0.25) is 4.98 Å². The summed E-state index contributed by atoms with van der Waals surface area (Å²) in [6.07, 6.45) is 7.35. The molecule has 0 atom stereocenters. The van der Waals surface area contributed by atoms with Crippen LogP contribution in [0.1, 0.15) is 5.56 Å². The van der Waals surface area contributed by atoms with Crippen LogP contribution in [0, 0.1) is 0 Å². The van der Waals surface area contributed by atoms with Crippen molar-refractivity contribution in [3.63, 3.8) is 0 Å². The Morgan fingerprint density at radius 1 is 0.812 bits per heavy atom. The van der Waals surface area contributed by atoms with Crippen LogP contribution >= 0.6 is 0 Å². The average molecular weight is 444 g/mol. The van der Waals surface area contributed by atoms with Crippen molar-refractivity contribution in [2.45, 2.75) is 4.90 Å². The number of benzene rings is 3. The third-order valence-corrected chi connectivity index (χ3v) is 6.63. The molecule has 0 unspecified atom stereocenters. The van der Waals surface area contributed by atoms with Crippen LogP contribution in [-0.2, 0) is 10.0 Å². The number of hydrogen-bond acceptors (Lipinski definition) is 4. The van der Waals surface area contributed by atoms with Crippen molar-refractivity contribution in [3.8, 4) is 11.1 Å². The summed E-state index contributed by atoms with van der Waals surface area (Å²) < 4.78 is 28.0. The molecular weight excluding hydrogens is 418 g/mol. The van der Waals surface area contributed by atoms with E-state index in [1.54, 1.807) is 30.6 Å². The molecule has 6 heteroatoms. The molecule has 1 heterocycles. The van der Waals surface area contributed by atoms with Gasteiger partial charge in [0.15, 0.2) is 0 Å². The van der Waals surface area contributed by atoms with Gasteiger partial charge in [-0.25, -0.2) is 13.1 Å². The third-order valence-electron chi connectivity index (χ3n) is 5.11. The molecule has 0 fully saturated rings. The van der Waals surface area contributed by atoms with Gasteiger partial charge in [0, 0.05) is 42.8 Å². The van der Waals surface area contributed by atoms with Crippen molar-refractivity contribution < 1.29 is 8.42 Å². The molecule has 0 aliphatic heterocycles. The van der Waals surface area contributed by atoms with E-state index in [9.17, 15) is 8.42 Å². The Morgan fingerprint density at radius 3 is 2.41 bits per heavy atom. The largest absolute Gasteiger partial charge is 0.312 e. The second kappa shape index (κ2) is 10.3. The molecule has 162 valence electrons. The Hall–Kier alpha value is -3.32. The van der Waals surface area contributed by atoms with Gasteiger partial charge in [0.05, 0.1) is 4.90 Å². The zero-order valence-electron chi connectivity index (χ0n) is 17.6. The maximum absolute atomic E-state index is 12.7. The van der Waals surface area contributed by atoms with Gasteiger partial charge >= 0.3 is 0 Å². The number of fused-ring (bicyclic) bond motifs is 1. The van der Waals surface area contributed by atoms with Crippen molar-refractivity contribution in [2.24, 2.45) is 0 Å². The molecule has 0 bridgehead atoms. The second-order valence-electron chi connectivity index (χ2n) is 7.35. The number of aromatic nitrogens is 1. The summed E-state index contributed by atoms with van der Waals surface area (Å²) in [5.74, 6) is 0. The molecule has 0 saturated carbocycles. The van der Waals surface area contributed by atoms with Gasteiger partial charge in [-0.1, -0.05) is 78.9 Å². The zero-order valence-corrected chi connectivity index (χ0v) is 18.4. The van der Waals surface area contributed by atoms with Crippen molar-refractivity contribution in [3.05, 3.63) is 103 Å². The highest BCUT2D eigenvalue weighted by Gasteiger charge is 2.16. The molecule has 32 heavy (non-hydrogen) atoms. The van der Waals surface area contributed by atoms with Gasteiger partial charge < -0.3 is 5.32 Å². The monoisotopic (exact) mass is 443 g/mol. The highest BCUT2D eigenvalue weighted by atomic mass is 32.2. The topological polar surface area (TPSA) is 71.1 Å². The summed E-state index contributed by atoms with van der Waals surface area (Å²) >= 11 is 0. The normalized spacial score (nSPS) is 11.9. The van der Waals surface area contributed by atoms with Crippen LogP contribution < -0.4 is 10.0 Å². The summed E-state index contributed by atoms with van der Waals surface area (Å²) in [5.41, 5.74) is 3.51. The van der Waals surface area contributed by atoms with E-state index in [-0.39, 0.29) is 4.90 Å². The minimum atomic E-state index is -3.59. The molecule has 4 rings (SSSR count). The Labute approximate surface area is 188 Å². The quantitative estimate of drug-likeness (QED) is 0.374. The second-order valence-corrected chi connectivity index (χ2v) is 9.08. The standard InChI is InChI=1S/C26H25N3O2S/c30-32(31,26-10-4-9-24-20-28-17-15-25(24)26)29-19-18-27-16-5-6-21-11-13-23(14-12-21)22-7-2-1-3-8-22/h1-15,17,20,27,29H,16,18-19H2/b6-5+. The molecule has 2 N–H and O–H groups in total. The summed E-state index contributed by atoms with van der Waals surface area (Å²) in [7, 11) is -3.59. The lowest BCUT2D eigenvalue weighted by Crippen LogP contribution is -2.32. The van der Waals surface area contributed by atoms with E-state index in [2.05, 4.69) is 57.5 Å². The molecule has 0 spiro atoms. The summed E-state index contributed by atoms with van der Waals surface area (Å²) in [5, 5.41) is 4.70. The number of pyridine rings is 1. The van der Waals surface area contributed by atoms with E-state index >= 15 is 0 Å². The molecule has 0 aliphatic carbocycles. The lowest BCUT2D eigenvalue weighted by atomic mass is 10.0. The van der Waals surface area contributed by atoms with Gasteiger partial charge in [-0.15, -0.1) is 0 Å². The van der Waals surface area contributed by atoms with Crippen molar-refractivity contribution >= 4 is 26.9 Å². The van der Waals surface area contributed by atoms with Crippen LogP contribution in [0.3, 0.4) is 0 Å². The Bertz CT molecular complexity index is 1300. The minimum absolute atomic E-state index is 0.274. The maximum Gasteiger partial charge on any atom is 0.241 e. The molecule has 3 aromatic carbocycles. The third kappa shape index (κ3) is 5.48. The Balaban J connectivity index is 1.24. The Kier molecular flexibility index (Phi) is 7.07. The lowest BCUT2D eigenvalue weighted by Gasteiger charge is -2.09. The highest BCUT2D eigenvalue weighted by Crippen LogP contribution is 2.22. The number of sulfonamides is 1. The molecule has 5 nitrogen and oxygen atoms in total.